The second-order valence-corrected chi connectivity index (χ2v) is 3.26. The molecule has 0 amide bonds. The molecule has 0 spiro atoms. The molecule has 76 valence electrons. The van der Waals surface area contributed by atoms with E-state index in [4.69, 9.17) is 0 Å². The lowest BCUT2D eigenvalue weighted by Gasteiger charge is -1.97. The van der Waals surface area contributed by atoms with Gasteiger partial charge in [0.1, 0.15) is 11.3 Å². The van der Waals surface area contributed by atoms with Gasteiger partial charge in [0.2, 0.25) is 0 Å². The summed E-state index contributed by atoms with van der Waals surface area (Å²) in [5.74, 6) is -0.532. The number of ketones is 1. The second-order valence-electron chi connectivity index (χ2n) is 3.26. The van der Waals surface area contributed by atoms with Gasteiger partial charge in [-0.15, -0.1) is 5.10 Å². The van der Waals surface area contributed by atoms with E-state index in [0.717, 1.165) is 4.68 Å². The molecule has 0 unspecified atom stereocenters. The number of fused-ring (bicyclic) bond motifs is 1. The smallest absolute Gasteiger partial charge is 0.256 e. The van der Waals surface area contributed by atoms with Gasteiger partial charge < -0.3 is 0 Å². The Hall–Kier alpha value is -2.04. The van der Waals surface area contributed by atoms with Crippen LogP contribution in [0.1, 0.15) is 18.1 Å². The van der Waals surface area contributed by atoms with Crippen LogP contribution in [0.5, 0.6) is 0 Å². The Kier molecular flexibility index (Phi) is 2.29. The van der Waals surface area contributed by atoms with E-state index in [1.807, 2.05) is 6.07 Å². The van der Waals surface area contributed by atoms with Crippen molar-refractivity contribution in [1.29, 1.82) is 0 Å². The van der Waals surface area contributed by atoms with Crippen molar-refractivity contribution in [2.24, 2.45) is 0 Å². The standard InChI is InChI=1S/C10H9N3O2/c1-7(14)6-10(15)13-9-5-3-2-4-8(9)11-12-13/h2-5H,6H2,1H3. The first kappa shape index (κ1) is 9.51. The molecule has 0 N–H and O–H groups in total. The molecule has 0 bridgehead atoms. The minimum atomic E-state index is -0.351. The van der Waals surface area contributed by atoms with Crippen LogP contribution in [-0.2, 0) is 4.79 Å². The summed E-state index contributed by atoms with van der Waals surface area (Å²) in [6.07, 6.45) is -0.145. The van der Waals surface area contributed by atoms with Gasteiger partial charge in [-0.25, -0.2) is 0 Å². The Morgan fingerprint density at radius 1 is 1.33 bits per heavy atom. The fourth-order valence-electron chi connectivity index (χ4n) is 1.34. The molecule has 0 saturated carbocycles. The maximum Gasteiger partial charge on any atom is 0.256 e. The monoisotopic (exact) mass is 203 g/mol. The van der Waals surface area contributed by atoms with Crippen molar-refractivity contribution in [2.75, 3.05) is 0 Å². The predicted molar refractivity (Wildman–Crippen MR) is 53.5 cm³/mol. The highest BCUT2D eigenvalue weighted by Crippen LogP contribution is 2.09. The van der Waals surface area contributed by atoms with Gasteiger partial charge in [-0.2, -0.15) is 4.68 Å². The molecule has 0 atom stereocenters. The van der Waals surface area contributed by atoms with Gasteiger partial charge >= 0.3 is 0 Å². The van der Waals surface area contributed by atoms with E-state index in [-0.39, 0.29) is 18.1 Å². The molecule has 1 aromatic heterocycles. The van der Waals surface area contributed by atoms with Gasteiger partial charge in [0.15, 0.2) is 0 Å². The molecular weight excluding hydrogens is 194 g/mol. The number of para-hydroxylation sites is 1. The number of Topliss-reactive ketones (excluding diaryl/α,β-unsaturated/α-hetero) is 1. The number of nitrogens with zero attached hydrogens (tertiary/aromatic N) is 3. The van der Waals surface area contributed by atoms with Gasteiger partial charge in [-0.3, -0.25) is 9.59 Å². The summed E-state index contributed by atoms with van der Waals surface area (Å²) in [5.41, 5.74) is 1.28. The molecule has 2 rings (SSSR count). The summed E-state index contributed by atoms with van der Waals surface area (Å²) in [7, 11) is 0. The number of rotatable bonds is 2. The van der Waals surface area contributed by atoms with Crippen molar-refractivity contribution in [3.05, 3.63) is 24.3 Å². The van der Waals surface area contributed by atoms with Crippen molar-refractivity contribution < 1.29 is 9.59 Å². The molecule has 1 aromatic carbocycles. The second kappa shape index (κ2) is 3.61. The number of hydrogen-bond acceptors (Lipinski definition) is 4. The molecule has 0 fully saturated rings. The quantitative estimate of drug-likeness (QED) is 0.684. The molecular formula is C10H9N3O2. The zero-order valence-corrected chi connectivity index (χ0v) is 8.17. The van der Waals surface area contributed by atoms with Crippen LogP contribution in [0.25, 0.3) is 11.0 Å². The highest BCUT2D eigenvalue weighted by molar-refractivity contribution is 6.00. The minimum absolute atomic E-state index is 0.145. The number of benzene rings is 1. The Morgan fingerprint density at radius 3 is 2.80 bits per heavy atom. The van der Waals surface area contributed by atoms with Crippen LogP contribution in [-0.4, -0.2) is 26.7 Å². The Balaban J connectivity index is 2.44. The Bertz CT molecular complexity index is 530. The summed E-state index contributed by atoms with van der Waals surface area (Å²) in [6.45, 7) is 1.37. The predicted octanol–water partition coefficient (Wildman–Crippen LogP) is 1.05. The van der Waals surface area contributed by atoms with Crippen LogP contribution >= 0.6 is 0 Å². The van der Waals surface area contributed by atoms with Gasteiger partial charge in [0.25, 0.3) is 5.91 Å². The summed E-state index contributed by atoms with van der Waals surface area (Å²) >= 11 is 0. The van der Waals surface area contributed by atoms with E-state index in [1.54, 1.807) is 18.2 Å². The summed E-state index contributed by atoms with van der Waals surface area (Å²) in [4.78, 5) is 22.4. The van der Waals surface area contributed by atoms with E-state index >= 15 is 0 Å². The SMILES string of the molecule is CC(=O)CC(=O)n1nnc2ccccc21. The van der Waals surface area contributed by atoms with E-state index in [9.17, 15) is 9.59 Å². The molecule has 0 saturated heterocycles. The summed E-state index contributed by atoms with van der Waals surface area (Å²) in [6, 6.07) is 7.12. The van der Waals surface area contributed by atoms with Crippen LogP contribution in [0.3, 0.4) is 0 Å². The molecule has 5 nitrogen and oxygen atoms in total. The maximum absolute atomic E-state index is 11.6. The first-order valence-electron chi connectivity index (χ1n) is 4.51. The molecule has 0 aliphatic carbocycles. The Labute approximate surface area is 85.7 Å². The van der Waals surface area contributed by atoms with Gasteiger partial charge in [-0.1, -0.05) is 17.3 Å². The first-order valence-corrected chi connectivity index (χ1v) is 4.51. The lowest BCUT2D eigenvalue weighted by Crippen LogP contribution is -2.15. The molecule has 5 heteroatoms. The largest absolute Gasteiger partial charge is 0.299 e. The first-order chi connectivity index (χ1) is 7.18. The zero-order valence-electron chi connectivity index (χ0n) is 8.17. The molecule has 0 aliphatic heterocycles. The molecule has 1 heterocycles. The third-order valence-corrected chi connectivity index (χ3v) is 1.99. The summed E-state index contributed by atoms with van der Waals surface area (Å²) < 4.78 is 1.16. The van der Waals surface area contributed by atoms with Crippen molar-refractivity contribution in [2.45, 2.75) is 13.3 Å². The number of aromatic nitrogens is 3. The third kappa shape index (κ3) is 1.76. The maximum atomic E-state index is 11.6. The van der Waals surface area contributed by atoms with Gasteiger partial charge in [0.05, 0.1) is 11.9 Å². The fourth-order valence-corrected chi connectivity index (χ4v) is 1.34. The van der Waals surface area contributed by atoms with E-state index in [1.165, 1.54) is 6.92 Å². The lowest BCUT2D eigenvalue weighted by molar-refractivity contribution is -0.116. The van der Waals surface area contributed by atoms with Crippen molar-refractivity contribution in [3.8, 4) is 0 Å². The highest BCUT2D eigenvalue weighted by atomic mass is 16.2. The van der Waals surface area contributed by atoms with Crippen LogP contribution in [0.4, 0.5) is 0 Å². The van der Waals surface area contributed by atoms with Crippen LogP contribution in [0.2, 0.25) is 0 Å². The van der Waals surface area contributed by atoms with Crippen molar-refractivity contribution >= 4 is 22.7 Å². The Morgan fingerprint density at radius 2 is 2.07 bits per heavy atom. The average Bonchev–Trinajstić information content (AvgIpc) is 2.59. The van der Waals surface area contributed by atoms with Crippen LogP contribution < -0.4 is 0 Å². The fraction of sp³-hybridized carbons (Fsp3) is 0.200. The third-order valence-electron chi connectivity index (χ3n) is 1.99. The van der Waals surface area contributed by atoms with E-state index in [0.29, 0.717) is 11.0 Å². The highest BCUT2D eigenvalue weighted by Gasteiger charge is 2.12. The molecule has 0 radical (unpaired) electrons. The zero-order chi connectivity index (χ0) is 10.8. The normalized spacial score (nSPS) is 10.5. The van der Waals surface area contributed by atoms with Crippen molar-refractivity contribution in [1.82, 2.24) is 15.0 Å². The topological polar surface area (TPSA) is 64.8 Å². The van der Waals surface area contributed by atoms with Crippen LogP contribution in [0.15, 0.2) is 24.3 Å². The van der Waals surface area contributed by atoms with Gasteiger partial charge in [-0.05, 0) is 19.1 Å². The summed E-state index contributed by atoms with van der Waals surface area (Å²) in [5, 5.41) is 7.54. The van der Waals surface area contributed by atoms with E-state index in [2.05, 4.69) is 10.3 Å². The average molecular weight is 203 g/mol. The van der Waals surface area contributed by atoms with Crippen molar-refractivity contribution in [3.63, 3.8) is 0 Å². The molecule has 0 aliphatic rings. The number of hydrogen-bond donors (Lipinski definition) is 0. The lowest BCUT2D eigenvalue weighted by atomic mass is 10.3. The van der Waals surface area contributed by atoms with E-state index < -0.39 is 0 Å². The minimum Gasteiger partial charge on any atom is -0.299 e. The molecule has 15 heavy (non-hydrogen) atoms. The van der Waals surface area contributed by atoms with Crippen LogP contribution in [0, 0.1) is 0 Å². The van der Waals surface area contributed by atoms with Gasteiger partial charge in [0, 0.05) is 0 Å². The number of carbonyl (C=O) groups is 2. The molecule has 2 aromatic rings. The number of carbonyl (C=O) groups excluding carboxylic acids is 2.